The Morgan fingerprint density at radius 2 is 2.06 bits per heavy atom. The summed E-state index contributed by atoms with van der Waals surface area (Å²) < 4.78 is 37.7. The van der Waals surface area contributed by atoms with Crippen LogP contribution in [0.3, 0.4) is 0 Å². The molecule has 0 amide bonds. The lowest BCUT2D eigenvalue weighted by Crippen LogP contribution is -2.25. The van der Waals surface area contributed by atoms with Gasteiger partial charge in [-0.3, -0.25) is 9.00 Å². The molecule has 0 aliphatic rings. The number of benzene rings is 1. The van der Waals surface area contributed by atoms with E-state index in [4.69, 9.17) is 5.11 Å². The van der Waals surface area contributed by atoms with Crippen LogP contribution in [0.1, 0.15) is 26.2 Å². The average Bonchev–Trinajstić information content (AvgIpc) is 2.32. The number of unbranched alkanes of at least 4 members (excludes halogenated alkanes) is 1. The van der Waals surface area contributed by atoms with Crippen LogP contribution in [0.2, 0.25) is 0 Å². The lowest BCUT2D eigenvalue weighted by Gasteiger charge is -2.11. The third-order valence-corrected chi connectivity index (χ3v) is 4.15. The van der Waals surface area contributed by atoms with Crippen LogP contribution in [0.25, 0.3) is 0 Å². The molecule has 0 heterocycles. The monoisotopic (exact) mass is 276 g/mol. The number of carboxylic acids is 1. The number of rotatable bonds is 6. The summed E-state index contributed by atoms with van der Waals surface area (Å²) in [6, 6.07) is 2.78. The van der Waals surface area contributed by atoms with Gasteiger partial charge in [-0.05, 0) is 24.6 Å². The zero-order valence-electron chi connectivity index (χ0n) is 9.86. The van der Waals surface area contributed by atoms with Gasteiger partial charge in [0, 0.05) is 4.90 Å². The standard InChI is InChI=1S/C12H14F2O3S/c1-2-3-4-11(12(15)16)18(17)8-5-6-9(13)10(14)7-8/h5-7,11H,2-4H2,1H3,(H,15,16). The van der Waals surface area contributed by atoms with Gasteiger partial charge in [0.15, 0.2) is 11.6 Å². The van der Waals surface area contributed by atoms with E-state index in [-0.39, 0.29) is 11.3 Å². The molecule has 0 bridgehead atoms. The van der Waals surface area contributed by atoms with Gasteiger partial charge >= 0.3 is 5.97 Å². The molecule has 1 aromatic carbocycles. The van der Waals surface area contributed by atoms with E-state index >= 15 is 0 Å². The summed E-state index contributed by atoms with van der Waals surface area (Å²) in [4.78, 5) is 11.0. The SMILES string of the molecule is CCCCC(C(=O)O)S(=O)c1ccc(F)c(F)c1. The van der Waals surface area contributed by atoms with Gasteiger partial charge in [-0.15, -0.1) is 0 Å². The quantitative estimate of drug-likeness (QED) is 0.869. The normalized spacial score (nSPS) is 14.2. The largest absolute Gasteiger partial charge is 0.480 e. The lowest BCUT2D eigenvalue weighted by atomic mass is 10.2. The van der Waals surface area contributed by atoms with Crippen molar-refractivity contribution in [2.75, 3.05) is 0 Å². The van der Waals surface area contributed by atoms with E-state index in [9.17, 15) is 17.8 Å². The molecule has 3 nitrogen and oxygen atoms in total. The Labute approximate surface area is 106 Å². The van der Waals surface area contributed by atoms with Crippen molar-refractivity contribution in [1.82, 2.24) is 0 Å². The van der Waals surface area contributed by atoms with Crippen molar-refractivity contribution in [1.29, 1.82) is 0 Å². The Balaban J connectivity index is 2.94. The highest BCUT2D eigenvalue weighted by Gasteiger charge is 2.25. The van der Waals surface area contributed by atoms with E-state index in [2.05, 4.69) is 0 Å². The highest BCUT2D eigenvalue weighted by atomic mass is 32.2. The first-order valence-electron chi connectivity index (χ1n) is 5.55. The van der Waals surface area contributed by atoms with Gasteiger partial charge in [0.05, 0.1) is 10.8 Å². The molecule has 1 rings (SSSR count). The predicted molar refractivity (Wildman–Crippen MR) is 63.7 cm³/mol. The van der Waals surface area contributed by atoms with E-state index in [1.807, 2.05) is 6.92 Å². The molecule has 6 heteroatoms. The summed E-state index contributed by atoms with van der Waals surface area (Å²) >= 11 is 0. The summed E-state index contributed by atoms with van der Waals surface area (Å²) in [6.07, 6.45) is 1.64. The summed E-state index contributed by atoms with van der Waals surface area (Å²) in [5.41, 5.74) is 0. The average molecular weight is 276 g/mol. The molecule has 100 valence electrons. The van der Waals surface area contributed by atoms with Crippen molar-refractivity contribution >= 4 is 16.8 Å². The molecule has 0 aromatic heterocycles. The molecule has 1 N–H and O–H groups in total. The van der Waals surface area contributed by atoms with Gasteiger partial charge in [0.1, 0.15) is 5.25 Å². The fraction of sp³-hybridized carbons (Fsp3) is 0.417. The molecular weight excluding hydrogens is 262 g/mol. The molecular formula is C12H14F2O3S. The van der Waals surface area contributed by atoms with Crippen molar-refractivity contribution in [3.8, 4) is 0 Å². The molecule has 0 spiro atoms. The summed E-state index contributed by atoms with van der Waals surface area (Å²) in [6.45, 7) is 1.89. The van der Waals surface area contributed by atoms with Crippen LogP contribution < -0.4 is 0 Å². The second-order valence-electron chi connectivity index (χ2n) is 3.84. The van der Waals surface area contributed by atoms with E-state index in [1.54, 1.807) is 0 Å². The smallest absolute Gasteiger partial charge is 0.319 e. The zero-order valence-corrected chi connectivity index (χ0v) is 10.7. The number of carboxylic acid groups (broad SMARTS) is 1. The maximum Gasteiger partial charge on any atom is 0.319 e. The minimum Gasteiger partial charge on any atom is -0.480 e. The van der Waals surface area contributed by atoms with E-state index in [1.165, 1.54) is 0 Å². The van der Waals surface area contributed by atoms with Gasteiger partial charge in [-0.1, -0.05) is 19.8 Å². The lowest BCUT2D eigenvalue weighted by molar-refractivity contribution is -0.136. The van der Waals surface area contributed by atoms with Crippen LogP contribution in [0.4, 0.5) is 8.78 Å². The Hall–Kier alpha value is -1.30. The highest BCUT2D eigenvalue weighted by Crippen LogP contribution is 2.18. The number of carbonyl (C=O) groups is 1. The molecule has 0 radical (unpaired) electrons. The second kappa shape index (κ2) is 6.58. The Kier molecular flexibility index (Phi) is 5.40. The molecule has 0 saturated carbocycles. The molecule has 2 unspecified atom stereocenters. The highest BCUT2D eigenvalue weighted by molar-refractivity contribution is 7.86. The molecule has 0 saturated heterocycles. The first-order valence-corrected chi connectivity index (χ1v) is 6.77. The van der Waals surface area contributed by atoms with E-state index in [0.717, 1.165) is 24.6 Å². The van der Waals surface area contributed by atoms with Crippen molar-refractivity contribution in [2.24, 2.45) is 0 Å². The van der Waals surface area contributed by atoms with Crippen LogP contribution in [0.5, 0.6) is 0 Å². The van der Waals surface area contributed by atoms with Gasteiger partial charge in [0.2, 0.25) is 0 Å². The topological polar surface area (TPSA) is 54.4 Å². The number of aliphatic carboxylic acids is 1. The third kappa shape index (κ3) is 3.60. The van der Waals surface area contributed by atoms with Gasteiger partial charge in [0.25, 0.3) is 0 Å². The van der Waals surface area contributed by atoms with Crippen LogP contribution in [-0.2, 0) is 15.6 Å². The Morgan fingerprint density at radius 3 is 2.56 bits per heavy atom. The summed E-state index contributed by atoms with van der Waals surface area (Å²) in [5.74, 6) is -3.36. The molecule has 0 aliphatic carbocycles. The van der Waals surface area contributed by atoms with Crippen molar-refractivity contribution in [3.63, 3.8) is 0 Å². The minimum atomic E-state index is -1.88. The van der Waals surface area contributed by atoms with Crippen LogP contribution in [-0.4, -0.2) is 20.5 Å². The van der Waals surface area contributed by atoms with Gasteiger partial charge in [-0.25, -0.2) is 8.78 Å². The first-order chi connectivity index (χ1) is 8.47. The van der Waals surface area contributed by atoms with Crippen LogP contribution in [0.15, 0.2) is 23.1 Å². The maximum atomic E-state index is 13.0. The second-order valence-corrected chi connectivity index (χ2v) is 5.48. The molecule has 2 atom stereocenters. The number of hydrogen-bond acceptors (Lipinski definition) is 2. The minimum absolute atomic E-state index is 0.00240. The summed E-state index contributed by atoms with van der Waals surface area (Å²) in [5, 5.41) is 7.91. The van der Waals surface area contributed by atoms with Crippen LogP contribution in [0, 0.1) is 11.6 Å². The molecule has 0 fully saturated rings. The third-order valence-electron chi connectivity index (χ3n) is 2.48. The van der Waals surface area contributed by atoms with Crippen molar-refractivity contribution in [2.45, 2.75) is 36.3 Å². The van der Waals surface area contributed by atoms with Crippen molar-refractivity contribution in [3.05, 3.63) is 29.8 Å². The molecule has 18 heavy (non-hydrogen) atoms. The predicted octanol–water partition coefficient (Wildman–Crippen LogP) is 2.72. The van der Waals surface area contributed by atoms with Crippen molar-refractivity contribution < 1.29 is 22.9 Å². The Bertz CT molecular complexity index is 463. The Morgan fingerprint density at radius 1 is 1.39 bits per heavy atom. The van der Waals surface area contributed by atoms with E-state index in [0.29, 0.717) is 6.42 Å². The number of hydrogen-bond donors (Lipinski definition) is 1. The fourth-order valence-corrected chi connectivity index (χ4v) is 2.79. The van der Waals surface area contributed by atoms with Gasteiger partial charge in [-0.2, -0.15) is 0 Å². The number of halogens is 2. The van der Waals surface area contributed by atoms with E-state index < -0.39 is 33.7 Å². The summed E-state index contributed by atoms with van der Waals surface area (Å²) in [7, 11) is -1.88. The maximum absolute atomic E-state index is 13.0. The fourth-order valence-electron chi connectivity index (χ4n) is 1.48. The van der Waals surface area contributed by atoms with Gasteiger partial charge < -0.3 is 5.11 Å². The molecule has 1 aromatic rings. The first kappa shape index (κ1) is 14.8. The van der Waals surface area contributed by atoms with Crippen LogP contribution >= 0.6 is 0 Å². The zero-order chi connectivity index (χ0) is 13.7. The molecule has 0 aliphatic heterocycles.